The van der Waals surface area contributed by atoms with Gasteiger partial charge in [0, 0.05) is 15.5 Å². The number of anilines is 1. The zero-order chi connectivity index (χ0) is 11.9. The molecule has 0 unspecified atom stereocenters. The Balaban J connectivity index is 2.86. The lowest BCUT2D eigenvalue weighted by molar-refractivity contribution is 0.146. The Morgan fingerprint density at radius 2 is 2.06 bits per heavy atom. The van der Waals surface area contributed by atoms with Gasteiger partial charge in [-0.2, -0.15) is 0 Å². The number of nitrogen functional groups attached to an aromatic ring is 1. The number of fused-ring (bicyclic) bond motifs is 1. The largest absolute Gasteiger partial charge is 0.398 e. The summed E-state index contributed by atoms with van der Waals surface area (Å²) in [5.41, 5.74) is 7.21. The van der Waals surface area contributed by atoms with Gasteiger partial charge in [-0.05, 0) is 40.5 Å². The Morgan fingerprint density at radius 1 is 1.38 bits per heavy atom. The summed E-state index contributed by atoms with van der Waals surface area (Å²) >= 11 is 3.29. The highest BCUT2D eigenvalue weighted by Gasteiger charge is 2.14. The number of halogens is 3. The van der Waals surface area contributed by atoms with Crippen LogP contribution in [0, 0.1) is 6.92 Å². The quantitative estimate of drug-likeness (QED) is 0.865. The molecule has 0 radical (unpaired) electrons. The number of aryl methyl sites for hydroxylation is 1. The second-order valence-corrected chi connectivity index (χ2v) is 4.38. The Kier molecular flexibility index (Phi) is 2.80. The first-order valence-corrected chi connectivity index (χ1v) is 5.43. The van der Waals surface area contributed by atoms with E-state index < -0.39 is 6.43 Å². The molecule has 2 rings (SSSR count). The molecule has 84 valence electrons. The van der Waals surface area contributed by atoms with Crippen LogP contribution in [0.15, 0.2) is 22.7 Å². The fourth-order valence-electron chi connectivity index (χ4n) is 1.64. The van der Waals surface area contributed by atoms with Crippen LogP contribution >= 0.6 is 15.9 Å². The maximum atomic E-state index is 12.6. The van der Waals surface area contributed by atoms with E-state index in [1.807, 2.05) is 13.0 Å². The second kappa shape index (κ2) is 3.97. The van der Waals surface area contributed by atoms with E-state index in [9.17, 15) is 8.78 Å². The van der Waals surface area contributed by atoms with Gasteiger partial charge in [0.15, 0.2) is 0 Å². The number of nitrogens with two attached hydrogens (primary N) is 1. The zero-order valence-corrected chi connectivity index (χ0v) is 10.1. The molecule has 0 bridgehead atoms. The van der Waals surface area contributed by atoms with E-state index in [1.54, 1.807) is 6.07 Å². The number of pyridine rings is 1. The average Bonchev–Trinajstić information content (AvgIpc) is 2.22. The summed E-state index contributed by atoms with van der Waals surface area (Å²) in [5.74, 6) is 0. The van der Waals surface area contributed by atoms with E-state index in [-0.39, 0.29) is 5.69 Å². The molecule has 2 nitrogen and oxygen atoms in total. The molecule has 1 heterocycles. The molecule has 0 saturated carbocycles. The lowest BCUT2D eigenvalue weighted by Gasteiger charge is -2.09. The van der Waals surface area contributed by atoms with Crippen LogP contribution < -0.4 is 5.73 Å². The molecule has 0 atom stereocenters. The van der Waals surface area contributed by atoms with Gasteiger partial charge in [0.05, 0.1) is 5.52 Å². The lowest BCUT2D eigenvalue weighted by Crippen LogP contribution is -1.98. The van der Waals surface area contributed by atoms with E-state index in [1.165, 1.54) is 6.07 Å². The number of aromatic nitrogens is 1. The number of benzene rings is 1. The fourth-order valence-corrected chi connectivity index (χ4v) is 2.06. The van der Waals surface area contributed by atoms with Crippen molar-refractivity contribution in [2.75, 3.05) is 5.73 Å². The van der Waals surface area contributed by atoms with Crippen LogP contribution in [0.3, 0.4) is 0 Å². The van der Waals surface area contributed by atoms with Crippen LogP contribution in [0.5, 0.6) is 0 Å². The van der Waals surface area contributed by atoms with Crippen LogP contribution in [-0.2, 0) is 0 Å². The van der Waals surface area contributed by atoms with Crippen molar-refractivity contribution in [3.05, 3.63) is 33.9 Å². The van der Waals surface area contributed by atoms with Crippen molar-refractivity contribution in [2.45, 2.75) is 13.3 Å². The van der Waals surface area contributed by atoms with Crippen molar-refractivity contribution < 1.29 is 8.78 Å². The number of hydrogen-bond donors (Lipinski definition) is 1. The summed E-state index contributed by atoms with van der Waals surface area (Å²) in [7, 11) is 0. The minimum Gasteiger partial charge on any atom is -0.398 e. The Morgan fingerprint density at radius 3 is 2.69 bits per heavy atom. The maximum Gasteiger partial charge on any atom is 0.280 e. The lowest BCUT2D eigenvalue weighted by atomic mass is 10.1. The molecule has 0 aliphatic rings. The van der Waals surface area contributed by atoms with E-state index in [0.717, 1.165) is 10.9 Å². The van der Waals surface area contributed by atoms with Crippen molar-refractivity contribution in [1.82, 2.24) is 4.98 Å². The monoisotopic (exact) mass is 286 g/mol. The standard InChI is InChI=1S/C11H9BrF2N2/c1-5-2-3-6(12)10-9(5)7(15)4-8(16-10)11(13)14/h2-4,11H,1H3,(H2,15,16). The van der Waals surface area contributed by atoms with Crippen LogP contribution in [0.1, 0.15) is 17.7 Å². The van der Waals surface area contributed by atoms with E-state index in [2.05, 4.69) is 20.9 Å². The molecule has 0 aliphatic carbocycles. The van der Waals surface area contributed by atoms with Gasteiger partial charge in [-0.15, -0.1) is 0 Å². The van der Waals surface area contributed by atoms with Crippen molar-refractivity contribution in [2.24, 2.45) is 0 Å². The minimum absolute atomic E-state index is 0.295. The normalized spacial score (nSPS) is 11.3. The molecule has 16 heavy (non-hydrogen) atoms. The van der Waals surface area contributed by atoms with E-state index >= 15 is 0 Å². The number of rotatable bonds is 1. The molecule has 0 saturated heterocycles. The van der Waals surface area contributed by atoms with Crippen molar-refractivity contribution in [3.63, 3.8) is 0 Å². The average molecular weight is 287 g/mol. The van der Waals surface area contributed by atoms with Gasteiger partial charge in [0.25, 0.3) is 6.43 Å². The van der Waals surface area contributed by atoms with E-state index in [0.29, 0.717) is 15.7 Å². The predicted octanol–water partition coefficient (Wildman–Crippen LogP) is 3.83. The van der Waals surface area contributed by atoms with Crippen LogP contribution in [-0.4, -0.2) is 4.98 Å². The predicted molar refractivity (Wildman–Crippen MR) is 63.5 cm³/mol. The first-order valence-electron chi connectivity index (χ1n) is 4.64. The van der Waals surface area contributed by atoms with Gasteiger partial charge < -0.3 is 5.73 Å². The third-order valence-corrected chi connectivity index (χ3v) is 3.03. The van der Waals surface area contributed by atoms with Gasteiger partial charge >= 0.3 is 0 Å². The Labute approximate surface area is 99.6 Å². The topological polar surface area (TPSA) is 38.9 Å². The molecular formula is C11H9BrF2N2. The molecule has 0 spiro atoms. The fraction of sp³-hybridized carbons (Fsp3) is 0.182. The highest BCUT2D eigenvalue weighted by molar-refractivity contribution is 9.10. The smallest absolute Gasteiger partial charge is 0.280 e. The van der Waals surface area contributed by atoms with Gasteiger partial charge in [0.1, 0.15) is 5.69 Å². The number of hydrogen-bond acceptors (Lipinski definition) is 2. The third-order valence-electron chi connectivity index (χ3n) is 2.39. The summed E-state index contributed by atoms with van der Waals surface area (Å²) in [6, 6.07) is 4.87. The molecule has 1 aromatic heterocycles. The molecule has 2 N–H and O–H groups in total. The zero-order valence-electron chi connectivity index (χ0n) is 8.47. The summed E-state index contributed by atoms with van der Waals surface area (Å²) in [6.45, 7) is 1.87. The summed E-state index contributed by atoms with van der Waals surface area (Å²) in [6.07, 6.45) is -2.61. The molecular weight excluding hydrogens is 278 g/mol. The molecule has 0 amide bonds. The minimum atomic E-state index is -2.61. The van der Waals surface area contributed by atoms with Crippen LogP contribution in [0.4, 0.5) is 14.5 Å². The van der Waals surface area contributed by atoms with Gasteiger partial charge in [-0.25, -0.2) is 13.8 Å². The van der Waals surface area contributed by atoms with Crippen molar-refractivity contribution in [3.8, 4) is 0 Å². The van der Waals surface area contributed by atoms with Crippen LogP contribution in [0.2, 0.25) is 0 Å². The SMILES string of the molecule is Cc1ccc(Br)c2nc(C(F)F)cc(N)c12. The van der Waals surface area contributed by atoms with Gasteiger partial charge in [-0.3, -0.25) is 0 Å². The molecule has 2 aromatic rings. The van der Waals surface area contributed by atoms with Gasteiger partial charge in [-0.1, -0.05) is 6.07 Å². The molecule has 5 heteroatoms. The van der Waals surface area contributed by atoms with Crippen molar-refractivity contribution in [1.29, 1.82) is 0 Å². The number of nitrogens with zero attached hydrogens (tertiary/aromatic N) is 1. The first kappa shape index (κ1) is 11.3. The molecule has 1 aromatic carbocycles. The van der Waals surface area contributed by atoms with Gasteiger partial charge in [0.2, 0.25) is 0 Å². The molecule has 0 aliphatic heterocycles. The van der Waals surface area contributed by atoms with Crippen LogP contribution in [0.25, 0.3) is 10.9 Å². The van der Waals surface area contributed by atoms with Crippen molar-refractivity contribution >= 4 is 32.5 Å². The number of alkyl halides is 2. The first-order chi connectivity index (χ1) is 7.50. The summed E-state index contributed by atoms with van der Waals surface area (Å²) in [4.78, 5) is 3.92. The Hall–Kier alpha value is -1.23. The Bertz CT molecular complexity index is 555. The van der Waals surface area contributed by atoms with E-state index in [4.69, 9.17) is 5.73 Å². The highest BCUT2D eigenvalue weighted by atomic mass is 79.9. The summed E-state index contributed by atoms with van der Waals surface area (Å²) < 4.78 is 25.8. The third kappa shape index (κ3) is 1.75. The highest BCUT2D eigenvalue weighted by Crippen LogP contribution is 2.32. The maximum absolute atomic E-state index is 12.6. The summed E-state index contributed by atoms with van der Waals surface area (Å²) in [5, 5.41) is 0.721. The molecule has 0 fully saturated rings. The second-order valence-electron chi connectivity index (χ2n) is 3.52.